The number of carbonyl (C=O) groups is 1. The van der Waals surface area contributed by atoms with Crippen molar-refractivity contribution in [2.24, 2.45) is 0 Å². The number of para-hydroxylation sites is 1. The third-order valence-corrected chi connectivity index (χ3v) is 6.31. The number of amides is 1. The highest BCUT2D eigenvalue weighted by Gasteiger charge is 2.30. The van der Waals surface area contributed by atoms with Gasteiger partial charge in [-0.15, -0.1) is 5.10 Å². The molecule has 0 saturated carbocycles. The predicted molar refractivity (Wildman–Crippen MR) is 127 cm³/mol. The maximum absolute atomic E-state index is 13.2. The van der Waals surface area contributed by atoms with Crippen LogP contribution in [0.15, 0.2) is 72.9 Å². The normalized spacial score (nSPS) is 16.5. The molecule has 4 aromatic rings. The molecule has 1 amide bonds. The number of hydrogen-bond acceptors (Lipinski definition) is 4. The molecule has 0 unspecified atom stereocenters. The fourth-order valence-corrected chi connectivity index (χ4v) is 4.62. The Balaban J connectivity index is 1.29. The molecule has 0 bridgehead atoms. The van der Waals surface area contributed by atoms with Gasteiger partial charge >= 0.3 is 0 Å². The lowest BCUT2D eigenvalue weighted by atomic mass is 10.0. The van der Waals surface area contributed by atoms with Crippen LogP contribution in [0.25, 0.3) is 10.8 Å². The van der Waals surface area contributed by atoms with E-state index in [0.717, 1.165) is 18.7 Å². The largest absolute Gasteiger partial charge is 0.367 e. The van der Waals surface area contributed by atoms with Crippen LogP contribution in [0.5, 0.6) is 0 Å². The van der Waals surface area contributed by atoms with Crippen LogP contribution in [0.1, 0.15) is 28.5 Å². The molecule has 32 heavy (non-hydrogen) atoms. The molecule has 0 aliphatic carbocycles. The first-order valence-electron chi connectivity index (χ1n) is 11.1. The van der Waals surface area contributed by atoms with Crippen LogP contribution in [-0.4, -0.2) is 51.5 Å². The molecular weight excluding hydrogens is 398 g/mol. The predicted octanol–water partition coefficient (Wildman–Crippen LogP) is 4.14. The van der Waals surface area contributed by atoms with E-state index < -0.39 is 0 Å². The maximum atomic E-state index is 13.2. The number of nitrogens with zero attached hydrogens (tertiary/aromatic N) is 5. The summed E-state index contributed by atoms with van der Waals surface area (Å²) in [7, 11) is 0. The van der Waals surface area contributed by atoms with Gasteiger partial charge in [-0.3, -0.25) is 4.79 Å². The fourth-order valence-electron chi connectivity index (χ4n) is 4.62. The van der Waals surface area contributed by atoms with Gasteiger partial charge in [0, 0.05) is 31.4 Å². The SMILES string of the molecule is Cc1ccccc1N1CCN(C(=O)c2cn(Cc3cccc4ccccc34)nn2)[C@@H](C)C1. The molecule has 1 aromatic heterocycles. The van der Waals surface area contributed by atoms with Crippen molar-refractivity contribution in [3.63, 3.8) is 0 Å². The molecule has 0 spiro atoms. The number of rotatable bonds is 4. The van der Waals surface area contributed by atoms with Crippen LogP contribution >= 0.6 is 0 Å². The van der Waals surface area contributed by atoms with E-state index >= 15 is 0 Å². The van der Waals surface area contributed by atoms with Gasteiger partial charge in [0.2, 0.25) is 0 Å². The number of fused-ring (bicyclic) bond motifs is 1. The van der Waals surface area contributed by atoms with Gasteiger partial charge < -0.3 is 9.80 Å². The molecule has 6 nitrogen and oxygen atoms in total. The Hall–Kier alpha value is -3.67. The average Bonchev–Trinajstić information content (AvgIpc) is 3.28. The average molecular weight is 426 g/mol. The van der Waals surface area contributed by atoms with Crippen molar-refractivity contribution in [3.05, 3.63) is 89.7 Å². The minimum atomic E-state index is -0.0499. The summed E-state index contributed by atoms with van der Waals surface area (Å²) < 4.78 is 1.75. The zero-order valence-corrected chi connectivity index (χ0v) is 18.5. The van der Waals surface area contributed by atoms with Gasteiger partial charge in [0.25, 0.3) is 5.91 Å². The minimum Gasteiger partial charge on any atom is -0.367 e. The zero-order chi connectivity index (χ0) is 22.1. The zero-order valence-electron chi connectivity index (χ0n) is 18.5. The molecule has 1 aliphatic rings. The van der Waals surface area contributed by atoms with Crippen molar-refractivity contribution in [2.45, 2.75) is 26.4 Å². The van der Waals surface area contributed by atoms with Crippen LogP contribution in [-0.2, 0) is 6.54 Å². The van der Waals surface area contributed by atoms with Gasteiger partial charge in [0.05, 0.1) is 12.7 Å². The molecule has 162 valence electrons. The Labute approximate surface area is 188 Å². The molecule has 6 heteroatoms. The second-order valence-electron chi connectivity index (χ2n) is 8.52. The minimum absolute atomic E-state index is 0.0499. The van der Waals surface area contributed by atoms with E-state index in [2.05, 4.69) is 83.7 Å². The lowest BCUT2D eigenvalue weighted by Gasteiger charge is -2.41. The molecule has 0 radical (unpaired) electrons. The van der Waals surface area contributed by atoms with Crippen molar-refractivity contribution >= 4 is 22.4 Å². The number of piperazine rings is 1. The van der Waals surface area contributed by atoms with E-state index in [-0.39, 0.29) is 11.9 Å². The Morgan fingerprint density at radius 3 is 2.62 bits per heavy atom. The molecule has 3 aromatic carbocycles. The van der Waals surface area contributed by atoms with Crippen molar-refractivity contribution < 1.29 is 4.79 Å². The molecule has 1 fully saturated rings. The van der Waals surface area contributed by atoms with Crippen LogP contribution in [0.2, 0.25) is 0 Å². The molecule has 1 aliphatic heterocycles. The summed E-state index contributed by atoms with van der Waals surface area (Å²) in [6, 6.07) is 23.1. The summed E-state index contributed by atoms with van der Waals surface area (Å²) >= 11 is 0. The Morgan fingerprint density at radius 2 is 1.78 bits per heavy atom. The maximum Gasteiger partial charge on any atom is 0.276 e. The van der Waals surface area contributed by atoms with Crippen LogP contribution in [0, 0.1) is 6.92 Å². The summed E-state index contributed by atoms with van der Waals surface area (Å²) in [6.45, 7) is 7.10. The summed E-state index contributed by atoms with van der Waals surface area (Å²) in [5, 5.41) is 10.8. The summed E-state index contributed by atoms with van der Waals surface area (Å²) in [5.74, 6) is -0.0499. The summed E-state index contributed by atoms with van der Waals surface area (Å²) in [6.07, 6.45) is 1.77. The topological polar surface area (TPSA) is 54.3 Å². The van der Waals surface area contributed by atoms with Crippen molar-refractivity contribution in [3.8, 4) is 0 Å². The van der Waals surface area contributed by atoms with Gasteiger partial charge in [-0.1, -0.05) is 65.9 Å². The first kappa shape index (κ1) is 20.2. The lowest BCUT2D eigenvalue weighted by molar-refractivity contribution is 0.0668. The number of anilines is 1. The standard InChI is InChI=1S/C26H27N5O/c1-19-8-3-6-13-25(19)29-14-15-31(20(2)16-29)26(32)24-18-30(28-27-24)17-22-11-7-10-21-9-4-5-12-23(21)22/h3-13,18,20H,14-17H2,1-2H3/t20-/m0/s1. The monoisotopic (exact) mass is 425 g/mol. The quantitative estimate of drug-likeness (QED) is 0.493. The number of aromatic nitrogens is 3. The van der Waals surface area contributed by atoms with Crippen LogP contribution in [0.3, 0.4) is 0 Å². The first-order valence-corrected chi connectivity index (χ1v) is 11.1. The first-order chi connectivity index (χ1) is 15.6. The number of aryl methyl sites for hydroxylation is 1. The highest BCUT2D eigenvalue weighted by Crippen LogP contribution is 2.24. The molecule has 2 heterocycles. The van der Waals surface area contributed by atoms with E-state index in [4.69, 9.17) is 0 Å². The van der Waals surface area contributed by atoms with Crippen LogP contribution in [0.4, 0.5) is 5.69 Å². The lowest BCUT2D eigenvalue weighted by Crippen LogP contribution is -2.54. The number of hydrogen-bond donors (Lipinski definition) is 0. The van der Waals surface area contributed by atoms with Crippen molar-refractivity contribution in [2.75, 3.05) is 24.5 Å². The van der Waals surface area contributed by atoms with Gasteiger partial charge in [-0.05, 0) is 41.8 Å². The Kier molecular flexibility index (Phi) is 5.35. The van der Waals surface area contributed by atoms with E-state index in [1.807, 2.05) is 17.0 Å². The highest BCUT2D eigenvalue weighted by molar-refractivity contribution is 5.92. The van der Waals surface area contributed by atoms with Crippen molar-refractivity contribution in [1.82, 2.24) is 19.9 Å². The van der Waals surface area contributed by atoms with E-state index in [9.17, 15) is 4.79 Å². The van der Waals surface area contributed by atoms with Crippen LogP contribution < -0.4 is 4.90 Å². The Morgan fingerprint density at radius 1 is 1.00 bits per heavy atom. The molecule has 5 rings (SSSR count). The van der Waals surface area contributed by atoms with Gasteiger partial charge in [0.15, 0.2) is 5.69 Å². The smallest absolute Gasteiger partial charge is 0.276 e. The van der Waals surface area contributed by atoms with Gasteiger partial charge in [-0.25, -0.2) is 4.68 Å². The second kappa shape index (κ2) is 8.46. The summed E-state index contributed by atoms with van der Waals surface area (Å²) in [4.78, 5) is 17.5. The van der Waals surface area contributed by atoms with Gasteiger partial charge in [0.1, 0.15) is 0 Å². The number of carbonyl (C=O) groups excluding carboxylic acids is 1. The van der Waals surface area contributed by atoms with E-state index in [1.165, 1.54) is 22.0 Å². The van der Waals surface area contributed by atoms with Crippen molar-refractivity contribution in [1.29, 1.82) is 0 Å². The molecule has 1 saturated heterocycles. The Bertz CT molecular complexity index is 1260. The second-order valence-corrected chi connectivity index (χ2v) is 8.52. The molecule has 1 atom stereocenters. The third-order valence-electron chi connectivity index (χ3n) is 6.31. The number of benzene rings is 3. The third kappa shape index (κ3) is 3.84. The highest BCUT2D eigenvalue weighted by atomic mass is 16.2. The summed E-state index contributed by atoms with van der Waals surface area (Å²) in [5.41, 5.74) is 4.07. The fraction of sp³-hybridized carbons (Fsp3) is 0.269. The molecule has 0 N–H and O–H groups in total. The molecular formula is C26H27N5O. The van der Waals surface area contributed by atoms with E-state index in [1.54, 1.807) is 10.9 Å². The van der Waals surface area contributed by atoms with Gasteiger partial charge in [-0.2, -0.15) is 0 Å². The van der Waals surface area contributed by atoms with E-state index in [0.29, 0.717) is 18.8 Å².